The molecule has 5 amide bonds. The lowest BCUT2D eigenvalue weighted by Gasteiger charge is -2.52. The molecule has 3 heterocycles. The van der Waals surface area contributed by atoms with Crippen LogP contribution in [0.1, 0.15) is 55.2 Å². The van der Waals surface area contributed by atoms with Crippen molar-refractivity contribution in [1.82, 2.24) is 25.8 Å². The Morgan fingerprint density at radius 3 is 2.51 bits per heavy atom. The number of likely N-dealkylation sites (tertiary alicyclic amines) is 1. The van der Waals surface area contributed by atoms with E-state index in [-0.39, 0.29) is 31.9 Å². The molecule has 2 aromatic rings. The molecular formula is C37H51N7O7. The SMILES string of the molecule is CNC1CCN(CCOCCCC2(NC(=O)OCc3ccc(NC=O)cc3)CN(c3cccc(C)c3CN(C=O)C3CCC(=O)NC3=O)C2)CC1. The maximum absolute atomic E-state index is 13.2. The number of aryl methyl sites for hydroxylation is 1. The van der Waals surface area contributed by atoms with Gasteiger partial charge in [0.2, 0.25) is 24.6 Å². The van der Waals surface area contributed by atoms with E-state index in [4.69, 9.17) is 9.47 Å². The Bertz CT molecular complexity index is 1510. The van der Waals surface area contributed by atoms with Crippen molar-refractivity contribution in [2.24, 2.45) is 0 Å². The Balaban J connectivity index is 1.20. The summed E-state index contributed by atoms with van der Waals surface area (Å²) in [7, 11) is 2.02. The summed E-state index contributed by atoms with van der Waals surface area (Å²) in [5.41, 5.74) is 3.66. The van der Waals surface area contributed by atoms with Crippen LogP contribution < -0.4 is 26.2 Å². The highest BCUT2D eigenvalue weighted by atomic mass is 16.5. The molecule has 51 heavy (non-hydrogen) atoms. The van der Waals surface area contributed by atoms with Gasteiger partial charge in [0, 0.05) is 56.6 Å². The van der Waals surface area contributed by atoms with E-state index >= 15 is 0 Å². The minimum absolute atomic E-state index is 0.0750. The van der Waals surface area contributed by atoms with E-state index in [1.54, 1.807) is 24.3 Å². The number of benzene rings is 2. The van der Waals surface area contributed by atoms with Crippen molar-refractivity contribution in [2.75, 3.05) is 63.2 Å². The summed E-state index contributed by atoms with van der Waals surface area (Å²) in [4.78, 5) is 66.5. The minimum atomic E-state index is -0.725. The Hall–Kier alpha value is -4.53. The minimum Gasteiger partial charge on any atom is -0.445 e. The van der Waals surface area contributed by atoms with Crippen LogP contribution in [0, 0.1) is 6.92 Å². The molecule has 0 radical (unpaired) electrons. The second-order valence-corrected chi connectivity index (χ2v) is 13.7. The van der Waals surface area contributed by atoms with Crippen molar-refractivity contribution in [3.8, 4) is 0 Å². The smallest absolute Gasteiger partial charge is 0.408 e. The Labute approximate surface area is 299 Å². The third kappa shape index (κ3) is 10.3. The van der Waals surface area contributed by atoms with E-state index < -0.39 is 23.6 Å². The second-order valence-electron chi connectivity index (χ2n) is 13.7. The van der Waals surface area contributed by atoms with Gasteiger partial charge in [0.05, 0.1) is 12.1 Å². The standard InChI is InChI=1S/C37H51N7O7/c1-27-5-3-6-32(31(27)21-43(26-46)33-11-12-34(47)40-35(33)48)44-23-37(24-44,15-4-19-50-20-18-42-16-13-29(38-2)14-17-42)41-36(49)51-22-28-7-9-30(10-8-28)39-25-45/h3,5-10,25-26,29,33,38H,4,11-24H2,1-2H3,(H,39,45)(H,41,49)(H,40,47,48). The molecular weight excluding hydrogens is 654 g/mol. The number of amides is 5. The molecule has 276 valence electrons. The van der Waals surface area contributed by atoms with E-state index in [1.165, 1.54) is 4.90 Å². The number of nitrogens with one attached hydrogen (secondary N) is 4. The van der Waals surface area contributed by atoms with Crippen molar-refractivity contribution >= 4 is 42.1 Å². The fraction of sp³-hybridized carbons (Fsp3) is 0.541. The maximum Gasteiger partial charge on any atom is 0.408 e. The molecule has 14 heteroatoms. The number of carbonyl (C=O) groups excluding carboxylic acids is 5. The molecule has 0 spiro atoms. The van der Waals surface area contributed by atoms with Gasteiger partial charge in [-0.2, -0.15) is 0 Å². The van der Waals surface area contributed by atoms with E-state index in [2.05, 4.69) is 31.1 Å². The lowest BCUT2D eigenvalue weighted by Crippen LogP contribution is -2.70. The van der Waals surface area contributed by atoms with Crippen LogP contribution in [-0.4, -0.2) is 111 Å². The van der Waals surface area contributed by atoms with Gasteiger partial charge in [-0.1, -0.05) is 24.3 Å². The van der Waals surface area contributed by atoms with Crippen molar-refractivity contribution in [3.63, 3.8) is 0 Å². The molecule has 4 N–H and O–H groups in total. The number of ether oxygens (including phenoxy) is 2. The average molecular weight is 706 g/mol. The van der Waals surface area contributed by atoms with Crippen molar-refractivity contribution < 1.29 is 33.4 Å². The highest BCUT2D eigenvalue weighted by Crippen LogP contribution is 2.35. The fourth-order valence-electron chi connectivity index (χ4n) is 7.17. The summed E-state index contributed by atoms with van der Waals surface area (Å²) in [5.74, 6) is -0.796. The highest BCUT2D eigenvalue weighted by Gasteiger charge is 2.45. The monoisotopic (exact) mass is 705 g/mol. The van der Waals surface area contributed by atoms with Crippen molar-refractivity contribution in [1.29, 1.82) is 0 Å². The van der Waals surface area contributed by atoms with E-state index in [0.717, 1.165) is 61.3 Å². The van der Waals surface area contributed by atoms with Crippen LogP contribution in [0.4, 0.5) is 16.2 Å². The van der Waals surface area contributed by atoms with Gasteiger partial charge in [-0.15, -0.1) is 0 Å². The lowest BCUT2D eigenvalue weighted by molar-refractivity contribution is -0.141. The lowest BCUT2D eigenvalue weighted by atomic mass is 9.84. The van der Waals surface area contributed by atoms with E-state index in [0.29, 0.717) is 57.3 Å². The number of imide groups is 1. The first-order valence-electron chi connectivity index (χ1n) is 17.8. The van der Waals surface area contributed by atoms with E-state index in [9.17, 15) is 24.0 Å². The van der Waals surface area contributed by atoms with Gasteiger partial charge in [-0.3, -0.25) is 24.5 Å². The number of piperidine rings is 2. The topological polar surface area (TPSA) is 162 Å². The molecule has 0 bridgehead atoms. The Morgan fingerprint density at radius 1 is 1.06 bits per heavy atom. The van der Waals surface area contributed by atoms with Crippen LogP contribution in [0.25, 0.3) is 0 Å². The predicted octanol–water partition coefficient (Wildman–Crippen LogP) is 2.29. The molecule has 14 nitrogen and oxygen atoms in total. The molecule has 3 saturated heterocycles. The first-order chi connectivity index (χ1) is 24.7. The second kappa shape index (κ2) is 18.1. The van der Waals surface area contributed by atoms with Crippen molar-refractivity contribution in [2.45, 2.75) is 76.2 Å². The van der Waals surface area contributed by atoms with Crippen LogP contribution >= 0.6 is 0 Å². The zero-order valence-electron chi connectivity index (χ0n) is 29.7. The average Bonchev–Trinajstić information content (AvgIpc) is 3.11. The molecule has 1 unspecified atom stereocenters. The van der Waals surface area contributed by atoms with Gasteiger partial charge in [0.15, 0.2) is 0 Å². The summed E-state index contributed by atoms with van der Waals surface area (Å²) < 4.78 is 11.6. The van der Waals surface area contributed by atoms with Gasteiger partial charge in [-0.25, -0.2) is 4.79 Å². The molecule has 0 aromatic heterocycles. The predicted molar refractivity (Wildman–Crippen MR) is 192 cm³/mol. The first-order valence-corrected chi connectivity index (χ1v) is 17.8. The summed E-state index contributed by atoms with van der Waals surface area (Å²) in [6.45, 7) is 7.56. The molecule has 3 aliphatic heterocycles. The van der Waals surface area contributed by atoms with Crippen LogP contribution in [0.2, 0.25) is 0 Å². The number of alkyl carbamates (subject to hydrolysis) is 1. The van der Waals surface area contributed by atoms with E-state index in [1.807, 2.05) is 32.2 Å². The van der Waals surface area contributed by atoms with Gasteiger partial charge in [-0.05, 0) is 94.1 Å². The first kappa shape index (κ1) is 37.7. The maximum atomic E-state index is 13.2. The van der Waals surface area contributed by atoms with Gasteiger partial charge in [0.1, 0.15) is 12.6 Å². The number of rotatable bonds is 18. The molecule has 3 fully saturated rings. The number of carbonyl (C=O) groups is 5. The van der Waals surface area contributed by atoms with Crippen LogP contribution in [0.3, 0.4) is 0 Å². The largest absolute Gasteiger partial charge is 0.445 e. The number of hydrogen-bond acceptors (Lipinski definition) is 10. The number of anilines is 2. The fourth-order valence-corrected chi connectivity index (χ4v) is 7.17. The molecule has 2 aromatic carbocycles. The number of hydrogen-bond donors (Lipinski definition) is 4. The normalized spacial score (nSPS) is 19.1. The third-order valence-electron chi connectivity index (χ3n) is 10.2. The van der Waals surface area contributed by atoms with Crippen LogP contribution in [0.15, 0.2) is 42.5 Å². The summed E-state index contributed by atoms with van der Waals surface area (Å²) in [6.07, 6.45) is 4.93. The molecule has 5 rings (SSSR count). The third-order valence-corrected chi connectivity index (χ3v) is 10.2. The van der Waals surface area contributed by atoms with Crippen molar-refractivity contribution in [3.05, 3.63) is 59.2 Å². The summed E-state index contributed by atoms with van der Waals surface area (Å²) in [6, 6.07) is 12.8. The molecule has 0 aliphatic carbocycles. The summed E-state index contributed by atoms with van der Waals surface area (Å²) >= 11 is 0. The quantitative estimate of drug-likeness (QED) is 0.103. The van der Waals surface area contributed by atoms with Gasteiger partial charge in [0.25, 0.3) is 0 Å². The Morgan fingerprint density at radius 2 is 1.82 bits per heavy atom. The molecule has 0 saturated carbocycles. The zero-order chi connectivity index (χ0) is 36.2. The van der Waals surface area contributed by atoms with Gasteiger partial charge < -0.3 is 40.1 Å². The zero-order valence-corrected chi connectivity index (χ0v) is 29.7. The Kier molecular flexibility index (Phi) is 13.4. The van der Waals surface area contributed by atoms with Gasteiger partial charge >= 0.3 is 6.09 Å². The number of nitrogens with zero attached hydrogens (tertiary/aromatic N) is 3. The molecule has 3 aliphatic rings. The highest BCUT2D eigenvalue weighted by molar-refractivity contribution is 6.00. The van der Waals surface area contributed by atoms with Crippen LogP contribution in [-0.2, 0) is 41.8 Å². The van der Waals surface area contributed by atoms with Crippen LogP contribution in [0.5, 0.6) is 0 Å². The molecule has 1 atom stereocenters. The summed E-state index contributed by atoms with van der Waals surface area (Å²) in [5, 5.41) is 11.4.